The van der Waals surface area contributed by atoms with E-state index in [9.17, 15) is 14.9 Å². The van der Waals surface area contributed by atoms with Crippen molar-refractivity contribution >= 4 is 34.0 Å². The average molecular weight is 502 g/mol. The number of benzene rings is 2. The van der Waals surface area contributed by atoms with Crippen molar-refractivity contribution in [2.24, 2.45) is 0 Å². The van der Waals surface area contributed by atoms with Gasteiger partial charge in [-0.2, -0.15) is 14.9 Å². The summed E-state index contributed by atoms with van der Waals surface area (Å²) in [6, 6.07) is 15.7. The first-order chi connectivity index (χ1) is 17.4. The van der Waals surface area contributed by atoms with E-state index in [4.69, 9.17) is 9.47 Å². The molecule has 4 rings (SSSR count). The molecule has 10 heteroatoms. The van der Waals surface area contributed by atoms with E-state index in [0.717, 1.165) is 17.0 Å². The highest BCUT2D eigenvalue weighted by Crippen LogP contribution is 2.30. The minimum Gasteiger partial charge on any atom is -0.493 e. The van der Waals surface area contributed by atoms with Crippen LogP contribution in [-0.2, 0) is 17.8 Å². The molecule has 4 aromatic rings. The minimum absolute atomic E-state index is 0.0528. The summed E-state index contributed by atoms with van der Waals surface area (Å²) in [5, 5.41) is 17.4. The van der Waals surface area contributed by atoms with Gasteiger partial charge in [0.05, 0.1) is 12.8 Å². The maximum Gasteiger partial charge on any atom is 0.275 e. The fourth-order valence-electron chi connectivity index (χ4n) is 3.38. The topological polar surface area (TPSA) is 119 Å². The third-order valence-corrected chi connectivity index (χ3v) is 6.33. The zero-order valence-electron chi connectivity index (χ0n) is 19.9. The molecule has 0 aliphatic heterocycles. The number of carbonyl (C=O) groups is 1. The largest absolute Gasteiger partial charge is 0.493 e. The van der Waals surface area contributed by atoms with Crippen molar-refractivity contribution in [1.29, 1.82) is 5.26 Å². The number of para-hydroxylation sites is 1. The molecule has 0 aliphatic rings. The lowest BCUT2D eigenvalue weighted by molar-refractivity contribution is -0.112. The van der Waals surface area contributed by atoms with E-state index in [-0.39, 0.29) is 17.7 Å². The van der Waals surface area contributed by atoms with Gasteiger partial charge in [0.15, 0.2) is 11.5 Å². The van der Waals surface area contributed by atoms with Crippen molar-refractivity contribution in [2.75, 3.05) is 12.4 Å². The van der Waals surface area contributed by atoms with Gasteiger partial charge in [0.1, 0.15) is 23.3 Å². The Kier molecular flexibility index (Phi) is 7.42. The average Bonchev–Trinajstić information content (AvgIpc) is 3.31. The lowest BCUT2D eigenvalue weighted by Gasteiger charge is -2.11. The van der Waals surface area contributed by atoms with E-state index >= 15 is 0 Å². The Morgan fingerprint density at radius 1 is 1.22 bits per heavy atom. The van der Waals surface area contributed by atoms with Crippen LogP contribution in [0.25, 0.3) is 11.0 Å². The quantitative estimate of drug-likeness (QED) is 0.284. The SMILES string of the molecule is CCc1nn2c(=O)cc(COc3ccc(C=C(C#N)C(=O)Nc4ccccc4C)cc3OC)nc2s1. The summed E-state index contributed by atoms with van der Waals surface area (Å²) in [4.78, 5) is 30.0. The molecule has 0 saturated carbocycles. The molecule has 0 fully saturated rings. The highest BCUT2D eigenvalue weighted by Gasteiger charge is 2.13. The Bertz CT molecular complexity index is 1560. The van der Waals surface area contributed by atoms with Crippen LogP contribution in [0.4, 0.5) is 5.69 Å². The lowest BCUT2D eigenvalue weighted by Crippen LogP contribution is -2.16. The predicted molar refractivity (Wildman–Crippen MR) is 137 cm³/mol. The standard InChI is InChI=1S/C26H23N5O4S/c1-4-23-30-31-24(32)13-19(28-26(31)36-23)15-35-21-10-9-17(12-22(21)34-3)11-18(14-27)25(33)29-20-8-6-5-7-16(20)2/h5-13H,4,15H2,1-3H3,(H,29,33). The number of rotatable bonds is 8. The Labute approximate surface area is 211 Å². The maximum atomic E-state index is 12.6. The molecule has 0 bridgehead atoms. The molecule has 2 aromatic heterocycles. The number of amides is 1. The second kappa shape index (κ2) is 10.8. The van der Waals surface area contributed by atoms with Crippen molar-refractivity contribution < 1.29 is 14.3 Å². The van der Waals surface area contributed by atoms with Crippen LogP contribution in [0.5, 0.6) is 11.5 Å². The van der Waals surface area contributed by atoms with Crippen LogP contribution < -0.4 is 20.3 Å². The number of aryl methyl sites for hydroxylation is 2. The molecule has 0 atom stereocenters. The van der Waals surface area contributed by atoms with E-state index in [0.29, 0.717) is 33.4 Å². The number of hydrogen-bond donors (Lipinski definition) is 1. The smallest absolute Gasteiger partial charge is 0.275 e. The van der Waals surface area contributed by atoms with E-state index < -0.39 is 5.91 Å². The fraction of sp³-hybridized carbons (Fsp3) is 0.192. The molecule has 9 nitrogen and oxygen atoms in total. The zero-order chi connectivity index (χ0) is 25.7. The van der Waals surface area contributed by atoms with Gasteiger partial charge in [-0.25, -0.2) is 4.98 Å². The number of nitrogens with zero attached hydrogens (tertiary/aromatic N) is 4. The summed E-state index contributed by atoms with van der Waals surface area (Å²) in [5.74, 6) is 0.329. The molecule has 1 N–H and O–H groups in total. The summed E-state index contributed by atoms with van der Waals surface area (Å²) in [6.45, 7) is 3.89. The highest BCUT2D eigenvalue weighted by molar-refractivity contribution is 7.16. The zero-order valence-corrected chi connectivity index (χ0v) is 20.8. The van der Waals surface area contributed by atoms with Crippen molar-refractivity contribution in [1.82, 2.24) is 14.6 Å². The molecular weight excluding hydrogens is 478 g/mol. The van der Waals surface area contributed by atoms with Gasteiger partial charge in [-0.3, -0.25) is 9.59 Å². The van der Waals surface area contributed by atoms with Gasteiger partial charge < -0.3 is 14.8 Å². The second-order valence-corrected chi connectivity index (χ2v) is 8.81. The highest BCUT2D eigenvalue weighted by atomic mass is 32.1. The van der Waals surface area contributed by atoms with E-state index in [1.165, 1.54) is 35.1 Å². The van der Waals surface area contributed by atoms with Crippen LogP contribution in [0, 0.1) is 18.3 Å². The predicted octanol–water partition coefficient (Wildman–Crippen LogP) is 4.16. The number of methoxy groups -OCH3 is 1. The molecule has 0 saturated heterocycles. The monoisotopic (exact) mass is 501 g/mol. The van der Waals surface area contributed by atoms with Crippen molar-refractivity contribution in [2.45, 2.75) is 26.9 Å². The van der Waals surface area contributed by atoms with Crippen LogP contribution in [0.3, 0.4) is 0 Å². The molecular formula is C26H23N5O4S. The molecule has 182 valence electrons. The third-order valence-electron chi connectivity index (χ3n) is 5.27. The number of nitrogens with one attached hydrogen (secondary N) is 1. The third kappa shape index (κ3) is 5.42. The number of ether oxygens (including phenoxy) is 2. The van der Waals surface area contributed by atoms with Gasteiger partial charge in [0.25, 0.3) is 11.5 Å². The molecule has 0 spiro atoms. The number of anilines is 1. The first-order valence-electron chi connectivity index (χ1n) is 11.1. The molecule has 0 aliphatic carbocycles. The minimum atomic E-state index is -0.506. The Morgan fingerprint density at radius 3 is 2.75 bits per heavy atom. The number of hydrogen-bond acceptors (Lipinski definition) is 8. The van der Waals surface area contributed by atoms with Gasteiger partial charge in [-0.15, -0.1) is 0 Å². The molecule has 1 amide bonds. The van der Waals surface area contributed by atoms with Crippen LogP contribution in [0.1, 0.15) is 28.8 Å². The molecule has 2 aromatic carbocycles. The lowest BCUT2D eigenvalue weighted by atomic mass is 10.1. The number of fused-ring (bicyclic) bond motifs is 1. The summed E-state index contributed by atoms with van der Waals surface area (Å²) >= 11 is 1.36. The Balaban J connectivity index is 1.51. The summed E-state index contributed by atoms with van der Waals surface area (Å²) in [5.41, 5.74) is 2.27. The molecule has 0 radical (unpaired) electrons. The maximum absolute atomic E-state index is 12.6. The first-order valence-corrected chi connectivity index (χ1v) is 11.9. The van der Waals surface area contributed by atoms with Crippen LogP contribution in [0.15, 0.2) is 58.9 Å². The Morgan fingerprint density at radius 2 is 2.03 bits per heavy atom. The van der Waals surface area contributed by atoms with Gasteiger partial charge in [0, 0.05) is 11.8 Å². The molecule has 36 heavy (non-hydrogen) atoms. The van der Waals surface area contributed by atoms with Crippen molar-refractivity contribution in [3.8, 4) is 17.6 Å². The molecule has 0 unspecified atom stereocenters. The van der Waals surface area contributed by atoms with Gasteiger partial charge in [0.2, 0.25) is 4.96 Å². The van der Waals surface area contributed by atoms with Crippen LogP contribution in [0.2, 0.25) is 0 Å². The van der Waals surface area contributed by atoms with E-state index in [1.54, 1.807) is 24.3 Å². The second-order valence-electron chi connectivity index (χ2n) is 7.77. The fourth-order valence-corrected chi connectivity index (χ4v) is 4.23. The van der Waals surface area contributed by atoms with Crippen molar-refractivity contribution in [3.63, 3.8) is 0 Å². The summed E-state index contributed by atoms with van der Waals surface area (Å²) in [6.07, 6.45) is 2.20. The molecule has 2 heterocycles. The number of aromatic nitrogens is 3. The number of carbonyl (C=O) groups excluding carboxylic acids is 1. The Hall–Kier alpha value is -4.49. The van der Waals surface area contributed by atoms with Crippen LogP contribution >= 0.6 is 11.3 Å². The summed E-state index contributed by atoms with van der Waals surface area (Å²) in [7, 11) is 1.49. The first kappa shape index (κ1) is 24.6. The van der Waals surface area contributed by atoms with Gasteiger partial charge in [-0.1, -0.05) is 42.5 Å². The van der Waals surface area contributed by atoms with E-state index in [2.05, 4.69) is 15.4 Å². The summed E-state index contributed by atoms with van der Waals surface area (Å²) < 4.78 is 12.6. The normalized spacial score (nSPS) is 11.2. The van der Waals surface area contributed by atoms with Crippen LogP contribution in [-0.4, -0.2) is 27.6 Å². The van der Waals surface area contributed by atoms with E-state index in [1.807, 2.05) is 38.1 Å². The van der Waals surface area contributed by atoms with Gasteiger partial charge in [-0.05, 0) is 48.7 Å². The van der Waals surface area contributed by atoms with Crippen molar-refractivity contribution in [3.05, 3.63) is 86.3 Å². The number of nitriles is 1. The van der Waals surface area contributed by atoms with Gasteiger partial charge >= 0.3 is 0 Å².